The second-order valence-electron chi connectivity index (χ2n) is 7.70. The number of aryl methyl sites for hydroxylation is 1. The number of halogens is 1. The normalized spacial score (nSPS) is 18.0. The Labute approximate surface area is 159 Å². The van der Waals surface area contributed by atoms with Crippen LogP contribution in [0.5, 0.6) is 5.75 Å². The molecule has 1 aromatic heterocycles. The molecule has 0 atom stereocenters. The Morgan fingerprint density at radius 2 is 1.78 bits per heavy atom. The van der Waals surface area contributed by atoms with Gasteiger partial charge in [-0.15, -0.1) is 0 Å². The summed E-state index contributed by atoms with van der Waals surface area (Å²) in [5.41, 5.74) is 1.35. The van der Waals surface area contributed by atoms with E-state index in [0.717, 1.165) is 5.69 Å². The summed E-state index contributed by atoms with van der Waals surface area (Å²) in [7, 11) is 0.796. The molecule has 5 nitrogen and oxygen atoms in total. The van der Waals surface area contributed by atoms with Crippen molar-refractivity contribution in [3.8, 4) is 16.9 Å². The van der Waals surface area contributed by atoms with E-state index in [0.29, 0.717) is 22.3 Å². The summed E-state index contributed by atoms with van der Waals surface area (Å²) in [5, 5.41) is 0. The molecule has 1 fully saturated rings. The number of pyridine rings is 1. The second kappa shape index (κ2) is 7.22. The number of benzene rings is 1. The molecule has 2 aromatic rings. The molecule has 27 heavy (non-hydrogen) atoms. The van der Waals surface area contributed by atoms with Crippen molar-refractivity contribution >= 4 is 12.6 Å². The predicted molar refractivity (Wildman–Crippen MR) is 103 cm³/mol. The van der Waals surface area contributed by atoms with Crippen LogP contribution >= 0.6 is 0 Å². The van der Waals surface area contributed by atoms with Gasteiger partial charge in [-0.1, -0.05) is 6.07 Å². The van der Waals surface area contributed by atoms with E-state index < -0.39 is 24.1 Å². The van der Waals surface area contributed by atoms with Crippen LogP contribution in [0.25, 0.3) is 11.1 Å². The molecule has 1 aromatic carbocycles. The van der Waals surface area contributed by atoms with E-state index in [1.54, 1.807) is 12.3 Å². The Kier molecular flexibility index (Phi) is 5.30. The fourth-order valence-electron chi connectivity index (χ4n) is 2.82. The van der Waals surface area contributed by atoms with Gasteiger partial charge >= 0.3 is 7.12 Å². The quantitative estimate of drug-likeness (QED) is 0.593. The van der Waals surface area contributed by atoms with Gasteiger partial charge in [0, 0.05) is 35.6 Å². The van der Waals surface area contributed by atoms with Gasteiger partial charge in [0.1, 0.15) is 11.6 Å². The van der Waals surface area contributed by atoms with Crippen molar-refractivity contribution in [3.63, 3.8) is 0 Å². The lowest BCUT2D eigenvalue weighted by molar-refractivity contribution is 0.00578. The van der Waals surface area contributed by atoms with E-state index in [1.807, 2.05) is 46.8 Å². The number of methoxy groups -OCH3 is 1. The molecule has 7 heteroatoms. The van der Waals surface area contributed by atoms with Crippen molar-refractivity contribution in [2.45, 2.75) is 45.8 Å². The minimum absolute atomic E-state index is 0.0315. The van der Waals surface area contributed by atoms with Crippen molar-refractivity contribution < 1.29 is 23.2 Å². The topological polar surface area (TPSA) is 49.8 Å². The Morgan fingerprint density at radius 1 is 1.11 bits per heavy atom. The fraction of sp³-hybridized carbons (Fsp3) is 0.450. The lowest BCUT2D eigenvalue weighted by Gasteiger charge is -2.32. The summed E-state index contributed by atoms with van der Waals surface area (Å²) < 4.78 is 37.8. The zero-order valence-corrected chi connectivity index (χ0v) is 16.6. The first-order valence-electron chi connectivity index (χ1n) is 8.88. The summed E-state index contributed by atoms with van der Waals surface area (Å²) in [6.45, 7) is 9.71. The summed E-state index contributed by atoms with van der Waals surface area (Å²) in [6, 6.07) is 6.71. The van der Waals surface area contributed by atoms with Gasteiger partial charge in [-0.3, -0.25) is 4.98 Å². The van der Waals surface area contributed by atoms with Gasteiger partial charge in [-0.25, -0.2) is 4.39 Å². The first-order chi connectivity index (χ1) is 12.6. The van der Waals surface area contributed by atoms with Crippen LogP contribution in [-0.4, -0.2) is 37.2 Å². The molecule has 3 rings (SSSR count). The average Bonchev–Trinajstić information content (AvgIpc) is 2.82. The van der Waals surface area contributed by atoms with Crippen molar-refractivity contribution in [3.05, 3.63) is 42.0 Å². The third-order valence-corrected chi connectivity index (χ3v) is 5.16. The molecule has 0 amide bonds. The first-order valence-corrected chi connectivity index (χ1v) is 8.88. The summed E-state index contributed by atoms with van der Waals surface area (Å²) >= 11 is 0. The molecular weight excluding hydrogens is 348 g/mol. The van der Waals surface area contributed by atoms with E-state index >= 15 is 0 Å². The maximum atomic E-state index is 15.0. The molecule has 0 N–H and O–H groups in total. The first kappa shape index (κ1) is 19.8. The highest BCUT2D eigenvalue weighted by molar-refractivity contribution is 6.63. The number of rotatable bonds is 5. The molecule has 0 unspecified atom stereocenters. The Balaban J connectivity index is 2.04. The van der Waals surface area contributed by atoms with Crippen LogP contribution in [0.4, 0.5) is 4.39 Å². The van der Waals surface area contributed by atoms with Crippen molar-refractivity contribution in [1.29, 1.82) is 0 Å². The minimum Gasteiger partial charge on any atom is -0.468 e. The van der Waals surface area contributed by atoms with Crippen LogP contribution in [0.2, 0.25) is 0 Å². The smallest absolute Gasteiger partial charge is 0.468 e. The Bertz CT molecular complexity index is 807. The SMILES string of the molecule is COCOc1cc(-c2ccc(C)nc2)c(F)cc1B1OC(C)(C)C(C)(C)O1. The van der Waals surface area contributed by atoms with Gasteiger partial charge in [0.2, 0.25) is 0 Å². The highest BCUT2D eigenvalue weighted by atomic mass is 19.1. The minimum atomic E-state index is -0.735. The summed E-state index contributed by atoms with van der Waals surface area (Å²) in [4.78, 5) is 4.24. The predicted octanol–water partition coefficient (Wildman–Crippen LogP) is 3.48. The molecule has 0 bridgehead atoms. The zero-order chi connectivity index (χ0) is 19.8. The number of ether oxygens (including phenoxy) is 2. The van der Waals surface area contributed by atoms with Gasteiger partial charge in [-0.05, 0) is 52.8 Å². The average molecular weight is 373 g/mol. The summed E-state index contributed by atoms with van der Waals surface area (Å²) in [5.74, 6) is 0.0578. The molecule has 0 spiro atoms. The third kappa shape index (κ3) is 3.86. The van der Waals surface area contributed by atoms with E-state index in [-0.39, 0.29) is 6.79 Å². The maximum Gasteiger partial charge on any atom is 0.498 e. The van der Waals surface area contributed by atoms with Crippen LogP contribution in [0, 0.1) is 12.7 Å². The van der Waals surface area contributed by atoms with E-state index in [2.05, 4.69) is 4.98 Å². The molecule has 1 aliphatic heterocycles. The monoisotopic (exact) mass is 373 g/mol. The third-order valence-electron chi connectivity index (χ3n) is 5.16. The van der Waals surface area contributed by atoms with Crippen LogP contribution in [-0.2, 0) is 14.0 Å². The number of aromatic nitrogens is 1. The maximum absolute atomic E-state index is 15.0. The molecule has 2 heterocycles. The van der Waals surface area contributed by atoms with Crippen molar-refractivity contribution in [2.24, 2.45) is 0 Å². The number of nitrogens with zero attached hydrogens (tertiary/aromatic N) is 1. The van der Waals surface area contributed by atoms with Gasteiger partial charge in [0.15, 0.2) is 6.79 Å². The zero-order valence-electron chi connectivity index (χ0n) is 16.6. The molecule has 0 saturated carbocycles. The number of hydrogen-bond acceptors (Lipinski definition) is 5. The molecule has 0 aliphatic carbocycles. The van der Waals surface area contributed by atoms with Gasteiger partial charge in [0.05, 0.1) is 11.2 Å². The molecular formula is C20H25BFNO4. The molecule has 0 radical (unpaired) electrons. The van der Waals surface area contributed by atoms with Gasteiger partial charge in [0.25, 0.3) is 0 Å². The molecule has 1 saturated heterocycles. The lowest BCUT2D eigenvalue weighted by atomic mass is 9.77. The summed E-state index contributed by atoms with van der Waals surface area (Å²) in [6.07, 6.45) is 1.64. The lowest BCUT2D eigenvalue weighted by Crippen LogP contribution is -2.41. The number of hydrogen-bond donors (Lipinski definition) is 0. The Morgan fingerprint density at radius 3 is 2.33 bits per heavy atom. The highest BCUT2D eigenvalue weighted by Crippen LogP contribution is 2.38. The molecule has 144 valence electrons. The van der Waals surface area contributed by atoms with Crippen molar-refractivity contribution in [1.82, 2.24) is 4.98 Å². The Hall–Kier alpha value is -1.96. The largest absolute Gasteiger partial charge is 0.498 e. The van der Waals surface area contributed by atoms with E-state index in [4.69, 9.17) is 18.8 Å². The van der Waals surface area contributed by atoms with Crippen LogP contribution in [0.3, 0.4) is 0 Å². The van der Waals surface area contributed by atoms with E-state index in [1.165, 1.54) is 13.2 Å². The van der Waals surface area contributed by atoms with Crippen LogP contribution in [0.15, 0.2) is 30.5 Å². The molecule has 1 aliphatic rings. The highest BCUT2D eigenvalue weighted by Gasteiger charge is 2.52. The van der Waals surface area contributed by atoms with E-state index in [9.17, 15) is 4.39 Å². The van der Waals surface area contributed by atoms with Crippen LogP contribution < -0.4 is 10.2 Å². The van der Waals surface area contributed by atoms with Gasteiger partial charge in [-0.2, -0.15) is 0 Å². The van der Waals surface area contributed by atoms with Crippen LogP contribution in [0.1, 0.15) is 33.4 Å². The van der Waals surface area contributed by atoms with Gasteiger partial charge < -0.3 is 18.8 Å². The second-order valence-corrected chi connectivity index (χ2v) is 7.70. The fourth-order valence-corrected chi connectivity index (χ4v) is 2.82. The standard InChI is InChI=1S/C20H25BFNO4/c1-13-7-8-14(11-23-13)15-9-18(25-12-24-6)16(10-17(15)22)21-26-19(2,3)20(4,5)27-21/h7-11H,12H2,1-6H3. The van der Waals surface area contributed by atoms with Crippen molar-refractivity contribution in [2.75, 3.05) is 13.9 Å².